The molecular formula is C21H21F3N2O4. The molecule has 2 amide bonds. The van der Waals surface area contributed by atoms with Gasteiger partial charge in [-0.1, -0.05) is 30.3 Å². The fraction of sp³-hybridized carbons (Fsp3) is 0.286. The number of hydrogen-bond acceptors (Lipinski definition) is 4. The first-order valence-corrected chi connectivity index (χ1v) is 9.08. The number of esters is 1. The Kier molecular flexibility index (Phi) is 7.57. The van der Waals surface area contributed by atoms with Crippen LogP contribution in [0.2, 0.25) is 0 Å². The van der Waals surface area contributed by atoms with Crippen LogP contribution in [0.15, 0.2) is 54.6 Å². The van der Waals surface area contributed by atoms with E-state index in [-0.39, 0.29) is 11.6 Å². The molecule has 9 heteroatoms. The number of benzene rings is 2. The van der Waals surface area contributed by atoms with Gasteiger partial charge >= 0.3 is 12.1 Å². The standard InChI is InChI=1S/C21H21F3N2O4/c1-13(15-6-4-3-5-7-15)26-19(28)14(2)30-18(27)12-25-20(29)16-8-10-17(11-9-16)21(22,23)24/h3-11,13-14H,12H2,1-2H3,(H,25,29)(H,26,28). The molecule has 0 saturated carbocycles. The number of carbonyl (C=O) groups is 3. The van der Waals surface area contributed by atoms with Gasteiger partial charge in [0.1, 0.15) is 6.54 Å². The largest absolute Gasteiger partial charge is 0.451 e. The Morgan fingerprint density at radius 3 is 2.13 bits per heavy atom. The summed E-state index contributed by atoms with van der Waals surface area (Å²) in [5, 5.41) is 4.96. The zero-order valence-corrected chi connectivity index (χ0v) is 16.3. The predicted molar refractivity (Wildman–Crippen MR) is 102 cm³/mol. The molecule has 2 rings (SSSR count). The lowest BCUT2D eigenvalue weighted by atomic mass is 10.1. The molecule has 2 N–H and O–H groups in total. The quantitative estimate of drug-likeness (QED) is 0.671. The normalized spacial score (nSPS) is 13.1. The Morgan fingerprint density at radius 1 is 0.967 bits per heavy atom. The van der Waals surface area contributed by atoms with Gasteiger partial charge in [-0.25, -0.2) is 0 Å². The maximum Gasteiger partial charge on any atom is 0.416 e. The third-order valence-electron chi connectivity index (χ3n) is 4.20. The molecule has 2 aromatic rings. The van der Waals surface area contributed by atoms with Crippen LogP contribution in [0, 0.1) is 0 Å². The van der Waals surface area contributed by atoms with E-state index in [1.54, 1.807) is 6.92 Å². The van der Waals surface area contributed by atoms with Crippen molar-refractivity contribution in [2.24, 2.45) is 0 Å². The predicted octanol–water partition coefficient (Wildman–Crippen LogP) is 3.24. The summed E-state index contributed by atoms with van der Waals surface area (Å²) in [5.74, 6) is -2.10. The van der Waals surface area contributed by atoms with Crippen molar-refractivity contribution in [1.29, 1.82) is 0 Å². The van der Waals surface area contributed by atoms with Crippen LogP contribution in [0.25, 0.3) is 0 Å². The summed E-state index contributed by atoms with van der Waals surface area (Å²) in [4.78, 5) is 36.0. The van der Waals surface area contributed by atoms with Gasteiger partial charge in [0.25, 0.3) is 11.8 Å². The van der Waals surface area contributed by atoms with Gasteiger partial charge in [-0.05, 0) is 43.7 Å². The average Bonchev–Trinajstić information content (AvgIpc) is 2.72. The first-order valence-electron chi connectivity index (χ1n) is 9.08. The summed E-state index contributed by atoms with van der Waals surface area (Å²) in [6, 6.07) is 12.5. The van der Waals surface area contributed by atoms with E-state index < -0.39 is 42.2 Å². The van der Waals surface area contributed by atoms with Gasteiger partial charge in [0.15, 0.2) is 6.10 Å². The molecule has 0 aliphatic carbocycles. The van der Waals surface area contributed by atoms with Gasteiger partial charge in [-0.3, -0.25) is 14.4 Å². The molecule has 0 radical (unpaired) electrons. The monoisotopic (exact) mass is 422 g/mol. The molecule has 0 spiro atoms. The summed E-state index contributed by atoms with van der Waals surface area (Å²) in [6.07, 6.45) is -5.60. The van der Waals surface area contributed by atoms with Crippen molar-refractivity contribution in [3.8, 4) is 0 Å². The van der Waals surface area contributed by atoms with Gasteiger partial charge in [-0.15, -0.1) is 0 Å². The Morgan fingerprint density at radius 2 is 1.57 bits per heavy atom. The number of carbonyl (C=O) groups excluding carboxylic acids is 3. The molecule has 2 atom stereocenters. The van der Waals surface area contributed by atoms with Crippen molar-refractivity contribution in [3.63, 3.8) is 0 Å². The summed E-state index contributed by atoms with van der Waals surface area (Å²) >= 11 is 0. The summed E-state index contributed by atoms with van der Waals surface area (Å²) < 4.78 is 42.6. The molecule has 0 saturated heterocycles. The van der Waals surface area contributed by atoms with E-state index in [0.717, 1.165) is 29.8 Å². The minimum Gasteiger partial charge on any atom is -0.451 e. The minimum absolute atomic E-state index is 0.0433. The van der Waals surface area contributed by atoms with Crippen molar-refractivity contribution in [3.05, 3.63) is 71.3 Å². The van der Waals surface area contributed by atoms with Crippen LogP contribution >= 0.6 is 0 Å². The highest BCUT2D eigenvalue weighted by Gasteiger charge is 2.30. The van der Waals surface area contributed by atoms with Crippen LogP contribution in [-0.2, 0) is 20.5 Å². The number of halogens is 3. The second kappa shape index (κ2) is 9.91. The Labute approximate surface area is 171 Å². The molecule has 160 valence electrons. The fourth-order valence-electron chi connectivity index (χ4n) is 2.51. The molecule has 30 heavy (non-hydrogen) atoms. The molecule has 6 nitrogen and oxygen atoms in total. The van der Waals surface area contributed by atoms with E-state index >= 15 is 0 Å². The van der Waals surface area contributed by atoms with Gasteiger partial charge in [0, 0.05) is 5.56 Å². The number of ether oxygens (including phenoxy) is 1. The highest BCUT2D eigenvalue weighted by Crippen LogP contribution is 2.29. The maximum absolute atomic E-state index is 12.5. The molecule has 0 bridgehead atoms. The highest BCUT2D eigenvalue weighted by atomic mass is 19.4. The second-order valence-corrected chi connectivity index (χ2v) is 6.53. The van der Waals surface area contributed by atoms with Gasteiger partial charge < -0.3 is 15.4 Å². The minimum atomic E-state index is -4.51. The highest BCUT2D eigenvalue weighted by molar-refractivity contribution is 5.96. The SMILES string of the molecule is CC(OC(=O)CNC(=O)c1ccc(C(F)(F)F)cc1)C(=O)NC(C)c1ccccc1. The molecule has 0 fully saturated rings. The van der Waals surface area contributed by atoms with Crippen LogP contribution in [0.4, 0.5) is 13.2 Å². The summed E-state index contributed by atoms with van der Waals surface area (Å²) in [6.45, 7) is 2.64. The van der Waals surface area contributed by atoms with E-state index in [2.05, 4.69) is 10.6 Å². The topological polar surface area (TPSA) is 84.5 Å². The van der Waals surface area contributed by atoms with Crippen LogP contribution in [0.1, 0.15) is 41.4 Å². The second-order valence-electron chi connectivity index (χ2n) is 6.53. The van der Waals surface area contributed by atoms with Crippen LogP contribution in [-0.4, -0.2) is 30.4 Å². The van der Waals surface area contributed by atoms with Crippen molar-refractivity contribution >= 4 is 17.8 Å². The average molecular weight is 422 g/mol. The Hall–Kier alpha value is -3.36. The fourth-order valence-corrected chi connectivity index (χ4v) is 2.51. The Bertz CT molecular complexity index is 883. The third-order valence-corrected chi connectivity index (χ3v) is 4.20. The number of alkyl halides is 3. The smallest absolute Gasteiger partial charge is 0.416 e. The van der Waals surface area contributed by atoms with E-state index in [1.807, 2.05) is 30.3 Å². The van der Waals surface area contributed by atoms with Gasteiger partial charge in [-0.2, -0.15) is 13.2 Å². The number of nitrogens with one attached hydrogen (secondary N) is 2. The number of amides is 2. The first kappa shape index (κ1) is 22.9. The lowest BCUT2D eigenvalue weighted by Gasteiger charge is -2.18. The summed E-state index contributed by atoms with van der Waals surface area (Å²) in [5.41, 5.74) is -0.0468. The lowest BCUT2D eigenvalue weighted by molar-refractivity contribution is -0.154. The molecule has 0 aromatic heterocycles. The van der Waals surface area contributed by atoms with Crippen LogP contribution in [0.3, 0.4) is 0 Å². The third kappa shape index (κ3) is 6.61. The number of hydrogen-bond donors (Lipinski definition) is 2. The van der Waals surface area contributed by atoms with E-state index in [4.69, 9.17) is 4.74 Å². The van der Waals surface area contributed by atoms with E-state index in [1.165, 1.54) is 6.92 Å². The zero-order valence-electron chi connectivity index (χ0n) is 16.3. The van der Waals surface area contributed by atoms with Crippen LogP contribution < -0.4 is 10.6 Å². The molecule has 0 heterocycles. The van der Waals surface area contributed by atoms with Crippen molar-refractivity contribution in [2.45, 2.75) is 32.2 Å². The van der Waals surface area contributed by atoms with E-state index in [0.29, 0.717) is 0 Å². The van der Waals surface area contributed by atoms with Gasteiger partial charge in [0.2, 0.25) is 0 Å². The zero-order chi connectivity index (χ0) is 22.3. The molecular weight excluding hydrogens is 401 g/mol. The summed E-state index contributed by atoms with van der Waals surface area (Å²) in [7, 11) is 0. The van der Waals surface area contributed by atoms with Crippen LogP contribution in [0.5, 0.6) is 0 Å². The van der Waals surface area contributed by atoms with Crippen molar-refractivity contribution in [2.75, 3.05) is 6.54 Å². The number of rotatable bonds is 7. The van der Waals surface area contributed by atoms with E-state index in [9.17, 15) is 27.6 Å². The molecule has 0 aliphatic heterocycles. The maximum atomic E-state index is 12.5. The Balaban J connectivity index is 1.80. The van der Waals surface area contributed by atoms with Crippen molar-refractivity contribution in [1.82, 2.24) is 10.6 Å². The molecule has 2 unspecified atom stereocenters. The molecule has 2 aromatic carbocycles. The first-order chi connectivity index (χ1) is 14.1. The molecule has 0 aliphatic rings. The van der Waals surface area contributed by atoms with Gasteiger partial charge in [0.05, 0.1) is 11.6 Å². The lowest BCUT2D eigenvalue weighted by Crippen LogP contribution is -2.39. The van der Waals surface area contributed by atoms with Crippen molar-refractivity contribution < 1.29 is 32.3 Å².